The predicted octanol–water partition coefficient (Wildman–Crippen LogP) is 2.58. The van der Waals surface area contributed by atoms with Crippen molar-refractivity contribution >= 4 is 5.91 Å². The molecule has 1 atom stereocenters. The van der Waals surface area contributed by atoms with E-state index in [4.69, 9.17) is 0 Å². The van der Waals surface area contributed by atoms with Crippen molar-refractivity contribution in [1.82, 2.24) is 10.2 Å². The molecular formula is C22H28N2O3. The molecule has 0 aliphatic carbocycles. The average molecular weight is 368 g/mol. The lowest BCUT2D eigenvalue weighted by molar-refractivity contribution is -0.0285. The second-order valence-electron chi connectivity index (χ2n) is 7.42. The number of nitrogens with zero attached hydrogens (tertiary/aromatic N) is 1. The lowest BCUT2D eigenvalue weighted by atomic mass is 9.92. The van der Waals surface area contributed by atoms with E-state index in [1.807, 2.05) is 6.07 Å². The number of hydrogen-bond acceptors (Lipinski definition) is 4. The summed E-state index contributed by atoms with van der Waals surface area (Å²) in [7, 11) is 0. The van der Waals surface area contributed by atoms with Crippen LogP contribution in [0.1, 0.15) is 35.2 Å². The third-order valence-corrected chi connectivity index (χ3v) is 5.12. The number of aliphatic hydroxyl groups is 1. The molecule has 2 aromatic rings. The molecule has 0 saturated carbocycles. The number of carbonyl (C=O) groups is 1. The van der Waals surface area contributed by atoms with E-state index in [-0.39, 0.29) is 18.2 Å². The maximum absolute atomic E-state index is 12.2. The molecule has 3 rings (SSSR count). The number of carbonyl (C=O) groups excluding carboxylic acids is 1. The summed E-state index contributed by atoms with van der Waals surface area (Å²) >= 11 is 0. The molecule has 1 aliphatic heterocycles. The highest BCUT2D eigenvalue weighted by molar-refractivity contribution is 5.94. The Hall–Kier alpha value is -2.37. The van der Waals surface area contributed by atoms with E-state index in [9.17, 15) is 15.0 Å². The Labute approximate surface area is 160 Å². The summed E-state index contributed by atoms with van der Waals surface area (Å²) in [6.07, 6.45) is 3.71. The number of nitrogens with one attached hydrogen (secondary N) is 1. The van der Waals surface area contributed by atoms with Gasteiger partial charge in [-0.1, -0.05) is 30.3 Å². The van der Waals surface area contributed by atoms with Crippen LogP contribution in [0, 0.1) is 0 Å². The van der Waals surface area contributed by atoms with Gasteiger partial charge in [0, 0.05) is 18.7 Å². The van der Waals surface area contributed by atoms with Gasteiger partial charge in [0.15, 0.2) is 0 Å². The molecule has 5 nitrogen and oxygen atoms in total. The van der Waals surface area contributed by atoms with Gasteiger partial charge >= 0.3 is 0 Å². The van der Waals surface area contributed by atoms with Crippen LogP contribution in [0.2, 0.25) is 0 Å². The molecule has 1 unspecified atom stereocenters. The normalized spacial score (nSPS) is 20.3. The van der Waals surface area contributed by atoms with Crippen LogP contribution in [0.3, 0.4) is 0 Å². The second kappa shape index (κ2) is 9.02. The van der Waals surface area contributed by atoms with Crippen LogP contribution in [-0.4, -0.2) is 52.8 Å². The fraction of sp³-hybridized carbons (Fsp3) is 0.409. The van der Waals surface area contributed by atoms with E-state index in [0.717, 1.165) is 32.4 Å². The summed E-state index contributed by atoms with van der Waals surface area (Å²) in [5.41, 5.74) is 0.926. The Morgan fingerprint density at radius 3 is 2.59 bits per heavy atom. The topological polar surface area (TPSA) is 72.8 Å². The zero-order chi connectivity index (χ0) is 19.1. The smallest absolute Gasteiger partial charge is 0.251 e. The first-order valence-corrected chi connectivity index (χ1v) is 9.60. The maximum atomic E-state index is 12.2. The van der Waals surface area contributed by atoms with Gasteiger partial charge in [-0.05, 0) is 68.6 Å². The van der Waals surface area contributed by atoms with Crippen molar-refractivity contribution < 1.29 is 15.0 Å². The van der Waals surface area contributed by atoms with Crippen molar-refractivity contribution in [2.24, 2.45) is 0 Å². The van der Waals surface area contributed by atoms with E-state index < -0.39 is 5.60 Å². The van der Waals surface area contributed by atoms with Crippen LogP contribution in [0.4, 0.5) is 0 Å². The molecular weight excluding hydrogens is 340 g/mol. The molecule has 1 heterocycles. The van der Waals surface area contributed by atoms with Crippen LogP contribution in [0.15, 0.2) is 54.6 Å². The van der Waals surface area contributed by atoms with Gasteiger partial charge in [-0.3, -0.25) is 4.79 Å². The Balaban J connectivity index is 1.45. The van der Waals surface area contributed by atoms with E-state index in [2.05, 4.69) is 34.5 Å². The molecule has 0 radical (unpaired) electrons. The standard InChI is InChI=1S/C22H28N2O3/c25-20-11-9-19(10-12-20)21(26)23-16-22(27)13-5-15-24(17-22)14-4-8-18-6-2-1-3-7-18/h1-3,6-7,9-12,25,27H,4-5,8,13-17H2,(H,23,26). The number of benzene rings is 2. The van der Waals surface area contributed by atoms with Crippen LogP contribution >= 0.6 is 0 Å². The number of β-amino-alcohol motifs (C(OH)–C–C–N with tert-alkyl or cyclic N) is 1. The second-order valence-corrected chi connectivity index (χ2v) is 7.42. The number of rotatable bonds is 7. The zero-order valence-electron chi connectivity index (χ0n) is 15.6. The molecule has 5 heteroatoms. The average Bonchev–Trinajstić information content (AvgIpc) is 2.68. The van der Waals surface area contributed by atoms with Gasteiger partial charge in [-0.2, -0.15) is 0 Å². The first kappa shape index (κ1) is 19.4. The van der Waals surface area contributed by atoms with Crippen LogP contribution < -0.4 is 5.32 Å². The van der Waals surface area contributed by atoms with Crippen molar-refractivity contribution in [3.63, 3.8) is 0 Å². The molecule has 3 N–H and O–H groups in total. The lowest BCUT2D eigenvalue weighted by Crippen LogP contribution is -2.54. The highest BCUT2D eigenvalue weighted by atomic mass is 16.3. The maximum Gasteiger partial charge on any atom is 0.251 e. The van der Waals surface area contributed by atoms with Crippen LogP contribution in [0.5, 0.6) is 5.75 Å². The van der Waals surface area contributed by atoms with Gasteiger partial charge in [0.2, 0.25) is 0 Å². The summed E-state index contributed by atoms with van der Waals surface area (Å²) in [4.78, 5) is 14.5. The number of hydrogen-bond donors (Lipinski definition) is 3. The van der Waals surface area contributed by atoms with Crippen molar-refractivity contribution in [3.8, 4) is 5.75 Å². The molecule has 0 aromatic heterocycles. The zero-order valence-corrected chi connectivity index (χ0v) is 15.6. The Morgan fingerprint density at radius 1 is 1.11 bits per heavy atom. The highest BCUT2D eigenvalue weighted by Crippen LogP contribution is 2.21. The van der Waals surface area contributed by atoms with E-state index in [0.29, 0.717) is 18.5 Å². The summed E-state index contributed by atoms with van der Waals surface area (Å²) in [6.45, 7) is 2.76. The molecule has 0 bridgehead atoms. The summed E-state index contributed by atoms with van der Waals surface area (Å²) in [6, 6.07) is 16.6. The molecule has 27 heavy (non-hydrogen) atoms. The number of phenols is 1. The SMILES string of the molecule is O=C(NCC1(O)CCCN(CCCc2ccccc2)C1)c1ccc(O)cc1. The number of phenolic OH excluding ortho intramolecular Hbond substituents is 1. The fourth-order valence-corrected chi connectivity index (χ4v) is 3.65. The van der Waals surface area contributed by atoms with Gasteiger partial charge in [0.1, 0.15) is 5.75 Å². The fourth-order valence-electron chi connectivity index (χ4n) is 3.65. The minimum Gasteiger partial charge on any atom is -0.508 e. The molecule has 1 amide bonds. The van der Waals surface area contributed by atoms with Crippen molar-refractivity contribution in [2.45, 2.75) is 31.3 Å². The Morgan fingerprint density at radius 2 is 1.85 bits per heavy atom. The monoisotopic (exact) mass is 368 g/mol. The first-order chi connectivity index (χ1) is 13.0. The van der Waals surface area contributed by atoms with Gasteiger partial charge in [0.05, 0.1) is 5.60 Å². The molecule has 1 saturated heterocycles. The number of aromatic hydroxyl groups is 1. The van der Waals surface area contributed by atoms with Gasteiger partial charge in [-0.25, -0.2) is 0 Å². The number of aryl methyl sites for hydroxylation is 1. The largest absolute Gasteiger partial charge is 0.508 e. The number of likely N-dealkylation sites (tertiary alicyclic amines) is 1. The quantitative estimate of drug-likeness (QED) is 0.702. The third kappa shape index (κ3) is 5.81. The van der Waals surface area contributed by atoms with Gasteiger partial charge in [-0.15, -0.1) is 0 Å². The Bertz CT molecular complexity index is 733. The van der Waals surface area contributed by atoms with Crippen LogP contribution in [0.25, 0.3) is 0 Å². The summed E-state index contributed by atoms with van der Waals surface area (Å²) in [5.74, 6) is -0.103. The molecule has 2 aromatic carbocycles. The first-order valence-electron chi connectivity index (χ1n) is 9.60. The predicted molar refractivity (Wildman–Crippen MR) is 106 cm³/mol. The molecule has 144 valence electrons. The third-order valence-electron chi connectivity index (χ3n) is 5.12. The van der Waals surface area contributed by atoms with Crippen LogP contribution in [-0.2, 0) is 6.42 Å². The highest BCUT2D eigenvalue weighted by Gasteiger charge is 2.33. The van der Waals surface area contributed by atoms with Crippen molar-refractivity contribution in [1.29, 1.82) is 0 Å². The number of amides is 1. The number of piperidine rings is 1. The Kier molecular flexibility index (Phi) is 6.48. The minimum atomic E-state index is -0.891. The molecule has 1 fully saturated rings. The molecule has 1 aliphatic rings. The van der Waals surface area contributed by atoms with Gasteiger partial charge < -0.3 is 20.4 Å². The lowest BCUT2D eigenvalue weighted by Gasteiger charge is -2.39. The van der Waals surface area contributed by atoms with E-state index in [1.54, 1.807) is 12.1 Å². The van der Waals surface area contributed by atoms with E-state index >= 15 is 0 Å². The van der Waals surface area contributed by atoms with Crippen molar-refractivity contribution in [2.75, 3.05) is 26.2 Å². The summed E-state index contributed by atoms with van der Waals surface area (Å²) < 4.78 is 0. The van der Waals surface area contributed by atoms with E-state index in [1.165, 1.54) is 17.7 Å². The van der Waals surface area contributed by atoms with Crippen molar-refractivity contribution in [3.05, 3.63) is 65.7 Å². The minimum absolute atomic E-state index is 0.128. The van der Waals surface area contributed by atoms with Gasteiger partial charge in [0.25, 0.3) is 5.91 Å². The molecule has 0 spiro atoms. The summed E-state index contributed by atoms with van der Waals surface area (Å²) in [5, 5.41) is 23.0.